The van der Waals surface area contributed by atoms with Crippen LogP contribution in [0.1, 0.15) is 29.7 Å². The number of sulfone groups is 1. The van der Waals surface area contributed by atoms with Crippen LogP contribution in [0.3, 0.4) is 0 Å². The van der Waals surface area contributed by atoms with Gasteiger partial charge in [-0.1, -0.05) is 31.2 Å². The molecule has 0 aromatic heterocycles. The first-order valence-corrected chi connectivity index (χ1v) is 10.7. The van der Waals surface area contributed by atoms with Gasteiger partial charge >= 0.3 is 12.1 Å². The standard InChI is InChI=1S/C20H21NO7S/c1-2-29(26,27)14-7-8-17(28-12-18(22)23)16(11-14)19-15-6-4-3-5-13(15)9-10-21(19)20(24)25/h3-8,11,19H,2,9-10,12H2,1H3,(H,22,23)(H,24,25). The third-order valence-electron chi connectivity index (χ3n) is 4.90. The summed E-state index contributed by atoms with van der Waals surface area (Å²) in [6.45, 7) is 1.11. The Balaban J connectivity index is 2.22. The Morgan fingerprint density at radius 1 is 1.14 bits per heavy atom. The Morgan fingerprint density at radius 3 is 2.52 bits per heavy atom. The number of benzene rings is 2. The summed E-state index contributed by atoms with van der Waals surface area (Å²) in [4.78, 5) is 24.2. The Hall–Kier alpha value is -3.07. The zero-order chi connectivity index (χ0) is 21.2. The van der Waals surface area contributed by atoms with Gasteiger partial charge in [0.15, 0.2) is 16.4 Å². The van der Waals surface area contributed by atoms with Crippen LogP contribution in [0.15, 0.2) is 47.4 Å². The molecule has 1 aliphatic heterocycles. The van der Waals surface area contributed by atoms with Gasteiger partial charge in [0.2, 0.25) is 0 Å². The molecule has 8 nitrogen and oxygen atoms in total. The largest absolute Gasteiger partial charge is 0.482 e. The van der Waals surface area contributed by atoms with E-state index in [-0.39, 0.29) is 22.9 Å². The fourth-order valence-corrected chi connectivity index (χ4v) is 4.39. The van der Waals surface area contributed by atoms with Crippen molar-refractivity contribution in [2.45, 2.75) is 24.3 Å². The van der Waals surface area contributed by atoms with Gasteiger partial charge in [-0.15, -0.1) is 0 Å². The van der Waals surface area contributed by atoms with Gasteiger partial charge in [0, 0.05) is 12.1 Å². The summed E-state index contributed by atoms with van der Waals surface area (Å²) in [7, 11) is -3.56. The SMILES string of the molecule is CCS(=O)(=O)c1ccc(OCC(=O)O)c(C2c3ccccc3CCN2C(=O)O)c1. The van der Waals surface area contributed by atoms with E-state index in [0.29, 0.717) is 17.5 Å². The lowest BCUT2D eigenvalue weighted by molar-refractivity contribution is -0.139. The first kappa shape index (κ1) is 20.7. The van der Waals surface area contributed by atoms with Crippen molar-refractivity contribution in [2.75, 3.05) is 18.9 Å². The fraction of sp³-hybridized carbons (Fsp3) is 0.300. The lowest BCUT2D eigenvalue weighted by atomic mass is 9.88. The van der Waals surface area contributed by atoms with Crippen LogP contribution in [0.5, 0.6) is 5.75 Å². The third-order valence-corrected chi connectivity index (χ3v) is 6.63. The van der Waals surface area contributed by atoms with E-state index in [1.807, 2.05) is 12.1 Å². The topological polar surface area (TPSA) is 121 Å². The average molecular weight is 419 g/mol. The summed E-state index contributed by atoms with van der Waals surface area (Å²) in [6, 6.07) is 10.6. The first-order chi connectivity index (χ1) is 13.7. The van der Waals surface area contributed by atoms with Crippen LogP contribution in [-0.2, 0) is 21.1 Å². The van der Waals surface area contributed by atoms with Gasteiger partial charge in [-0.05, 0) is 35.7 Å². The maximum atomic E-state index is 12.4. The average Bonchev–Trinajstić information content (AvgIpc) is 2.71. The number of carbonyl (C=O) groups is 2. The number of carboxylic acid groups (broad SMARTS) is 2. The van der Waals surface area contributed by atoms with Crippen molar-refractivity contribution in [1.82, 2.24) is 4.90 Å². The monoisotopic (exact) mass is 419 g/mol. The van der Waals surface area contributed by atoms with Gasteiger partial charge in [-0.2, -0.15) is 0 Å². The molecule has 2 N–H and O–H groups in total. The van der Waals surface area contributed by atoms with Gasteiger partial charge < -0.3 is 14.9 Å². The minimum Gasteiger partial charge on any atom is -0.482 e. The van der Waals surface area contributed by atoms with Crippen molar-refractivity contribution in [3.05, 3.63) is 59.2 Å². The number of amides is 1. The summed E-state index contributed by atoms with van der Waals surface area (Å²) in [5.74, 6) is -1.18. The molecule has 1 atom stereocenters. The quantitative estimate of drug-likeness (QED) is 0.738. The molecule has 2 aromatic carbocycles. The third kappa shape index (κ3) is 4.19. The predicted molar refractivity (Wildman–Crippen MR) is 104 cm³/mol. The number of hydrogen-bond acceptors (Lipinski definition) is 5. The van der Waals surface area contributed by atoms with Crippen molar-refractivity contribution in [1.29, 1.82) is 0 Å². The summed E-state index contributed by atoms with van der Waals surface area (Å²) in [6.07, 6.45) is -0.630. The van der Waals surface area contributed by atoms with E-state index >= 15 is 0 Å². The maximum Gasteiger partial charge on any atom is 0.408 e. The van der Waals surface area contributed by atoms with E-state index in [4.69, 9.17) is 9.84 Å². The Labute approximate surface area is 168 Å². The van der Waals surface area contributed by atoms with Crippen LogP contribution in [0.2, 0.25) is 0 Å². The number of nitrogens with zero attached hydrogens (tertiary/aromatic N) is 1. The van der Waals surface area contributed by atoms with E-state index in [2.05, 4.69) is 0 Å². The number of ether oxygens (including phenoxy) is 1. The molecule has 1 aliphatic rings. The Bertz CT molecular complexity index is 1050. The molecule has 1 unspecified atom stereocenters. The number of aliphatic carboxylic acids is 1. The first-order valence-electron chi connectivity index (χ1n) is 9.03. The Morgan fingerprint density at radius 2 is 1.86 bits per heavy atom. The molecule has 3 rings (SSSR count). The van der Waals surface area contributed by atoms with Gasteiger partial charge in [0.1, 0.15) is 5.75 Å². The molecule has 2 aromatic rings. The molecule has 0 saturated carbocycles. The van der Waals surface area contributed by atoms with Crippen LogP contribution < -0.4 is 4.74 Å². The zero-order valence-electron chi connectivity index (χ0n) is 15.7. The van der Waals surface area contributed by atoms with Crippen LogP contribution in [-0.4, -0.2) is 54.5 Å². The highest BCUT2D eigenvalue weighted by Gasteiger charge is 2.34. The second-order valence-electron chi connectivity index (χ2n) is 6.61. The van der Waals surface area contributed by atoms with Crippen LogP contribution >= 0.6 is 0 Å². The molecule has 29 heavy (non-hydrogen) atoms. The highest BCUT2D eigenvalue weighted by Crippen LogP contribution is 2.40. The molecule has 0 radical (unpaired) electrons. The summed E-state index contributed by atoms with van der Waals surface area (Å²) in [5.41, 5.74) is 1.96. The molecule has 154 valence electrons. The molecule has 1 amide bonds. The highest BCUT2D eigenvalue weighted by atomic mass is 32.2. The van der Waals surface area contributed by atoms with Crippen LogP contribution in [0.25, 0.3) is 0 Å². The van der Waals surface area contributed by atoms with Crippen LogP contribution in [0, 0.1) is 0 Å². The molecular formula is C20H21NO7S. The second kappa shape index (κ2) is 8.12. The van der Waals surface area contributed by atoms with E-state index < -0.39 is 34.5 Å². The smallest absolute Gasteiger partial charge is 0.408 e. The summed E-state index contributed by atoms with van der Waals surface area (Å²) < 4.78 is 30.2. The van der Waals surface area contributed by atoms with Gasteiger partial charge in [0.25, 0.3) is 0 Å². The minimum absolute atomic E-state index is 0.0334. The number of rotatable bonds is 6. The maximum absolute atomic E-state index is 12.4. The molecule has 0 bridgehead atoms. The van der Waals surface area contributed by atoms with Gasteiger partial charge in [-0.25, -0.2) is 18.0 Å². The van der Waals surface area contributed by atoms with Crippen molar-refractivity contribution >= 4 is 21.9 Å². The lowest BCUT2D eigenvalue weighted by Crippen LogP contribution is -2.40. The van der Waals surface area contributed by atoms with Crippen molar-refractivity contribution in [3.63, 3.8) is 0 Å². The Kier molecular flexibility index (Phi) is 5.78. The number of fused-ring (bicyclic) bond motifs is 1. The van der Waals surface area contributed by atoms with E-state index in [1.54, 1.807) is 12.1 Å². The van der Waals surface area contributed by atoms with Gasteiger partial charge in [0.05, 0.1) is 16.7 Å². The van der Waals surface area contributed by atoms with Crippen LogP contribution in [0.4, 0.5) is 4.79 Å². The van der Waals surface area contributed by atoms with E-state index in [1.165, 1.54) is 30.0 Å². The molecular weight excluding hydrogens is 398 g/mol. The molecule has 9 heteroatoms. The summed E-state index contributed by atoms with van der Waals surface area (Å²) >= 11 is 0. The predicted octanol–water partition coefficient (Wildman–Crippen LogP) is 2.57. The lowest BCUT2D eigenvalue weighted by Gasteiger charge is -2.36. The molecule has 0 fully saturated rings. The molecule has 0 aliphatic carbocycles. The van der Waals surface area contributed by atoms with Crippen molar-refractivity contribution in [3.8, 4) is 5.75 Å². The molecule has 0 spiro atoms. The molecule has 1 heterocycles. The van der Waals surface area contributed by atoms with E-state index in [9.17, 15) is 23.1 Å². The van der Waals surface area contributed by atoms with Crippen molar-refractivity contribution in [2.24, 2.45) is 0 Å². The normalized spacial score (nSPS) is 16.2. The van der Waals surface area contributed by atoms with E-state index in [0.717, 1.165) is 5.56 Å². The number of hydrogen-bond donors (Lipinski definition) is 2. The fourth-order valence-electron chi connectivity index (χ4n) is 3.48. The van der Waals surface area contributed by atoms with Crippen molar-refractivity contribution < 1.29 is 33.0 Å². The second-order valence-corrected chi connectivity index (χ2v) is 8.89. The minimum atomic E-state index is -3.56. The number of carboxylic acids is 1. The highest BCUT2D eigenvalue weighted by molar-refractivity contribution is 7.91. The van der Waals surface area contributed by atoms with Gasteiger partial charge in [-0.3, -0.25) is 4.90 Å². The summed E-state index contributed by atoms with van der Waals surface area (Å²) in [5, 5.41) is 18.7. The zero-order valence-corrected chi connectivity index (χ0v) is 16.6. The molecule has 0 saturated heterocycles.